The molecule has 7 nitrogen and oxygen atoms in total. The van der Waals surface area contributed by atoms with Gasteiger partial charge in [0.2, 0.25) is 0 Å². The van der Waals surface area contributed by atoms with Crippen LogP contribution in [0.15, 0.2) is 48.5 Å². The number of carboxylic acids is 1. The largest absolute Gasteiger partial charge is 0.481 e. The molecule has 0 aliphatic heterocycles. The predicted octanol–water partition coefficient (Wildman–Crippen LogP) is 3.91. The molecule has 0 saturated heterocycles. The minimum atomic E-state index is -1.01. The summed E-state index contributed by atoms with van der Waals surface area (Å²) in [4.78, 5) is 35.1. The van der Waals surface area contributed by atoms with Crippen molar-refractivity contribution in [1.29, 1.82) is 0 Å². The van der Waals surface area contributed by atoms with E-state index in [0.717, 1.165) is 0 Å². The SMILES string of the molecule is CC(C)(C)OC(=O)Nc1ccc(NC(=O)c2ccccc2CC(=O)O)cc1. The molecular weight excluding hydrogens is 348 g/mol. The van der Waals surface area contributed by atoms with Gasteiger partial charge in [0.05, 0.1) is 6.42 Å². The monoisotopic (exact) mass is 370 g/mol. The molecule has 0 heterocycles. The summed E-state index contributed by atoms with van der Waals surface area (Å²) < 4.78 is 5.17. The van der Waals surface area contributed by atoms with Crippen LogP contribution >= 0.6 is 0 Å². The average Bonchev–Trinajstić information content (AvgIpc) is 2.54. The van der Waals surface area contributed by atoms with Crippen molar-refractivity contribution in [3.05, 3.63) is 59.7 Å². The molecule has 7 heteroatoms. The molecular formula is C20H22N2O5. The second kappa shape index (κ2) is 8.35. The second-order valence-electron chi connectivity index (χ2n) is 6.89. The van der Waals surface area contributed by atoms with E-state index in [1.807, 2.05) is 0 Å². The van der Waals surface area contributed by atoms with Gasteiger partial charge in [0.15, 0.2) is 0 Å². The normalized spacial score (nSPS) is 10.8. The fourth-order valence-electron chi connectivity index (χ4n) is 2.32. The highest BCUT2D eigenvalue weighted by Crippen LogP contribution is 2.17. The first kappa shape index (κ1) is 20.0. The molecule has 0 aliphatic carbocycles. The van der Waals surface area contributed by atoms with Gasteiger partial charge in [0, 0.05) is 16.9 Å². The lowest BCUT2D eigenvalue weighted by Gasteiger charge is -2.19. The fourth-order valence-corrected chi connectivity index (χ4v) is 2.32. The van der Waals surface area contributed by atoms with Gasteiger partial charge in [-0.25, -0.2) is 4.79 Å². The molecule has 0 spiro atoms. The van der Waals surface area contributed by atoms with Crippen LogP contribution in [0.5, 0.6) is 0 Å². The van der Waals surface area contributed by atoms with Crippen LogP contribution in [0.3, 0.4) is 0 Å². The summed E-state index contributed by atoms with van der Waals surface area (Å²) in [5.74, 6) is -1.41. The van der Waals surface area contributed by atoms with E-state index in [9.17, 15) is 14.4 Å². The summed E-state index contributed by atoms with van der Waals surface area (Å²) in [6.45, 7) is 5.31. The Morgan fingerprint density at radius 3 is 2.04 bits per heavy atom. The lowest BCUT2D eigenvalue weighted by Crippen LogP contribution is -2.27. The van der Waals surface area contributed by atoms with E-state index in [4.69, 9.17) is 9.84 Å². The number of amides is 2. The van der Waals surface area contributed by atoms with E-state index in [-0.39, 0.29) is 6.42 Å². The predicted molar refractivity (Wildman–Crippen MR) is 102 cm³/mol. The maximum atomic E-state index is 12.4. The van der Waals surface area contributed by atoms with Crippen molar-refractivity contribution < 1.29 is 24.2 Å². The number of benzene rings is 2. The molecule has 0 fully saturated rings. The zero-order valence-electron chi connectivity index (χ0n) is 15.4. The molecule has 27 heavy (non-hydrogen) atoms. The Morgan fingerprint density at radius 2 is 1.48 bits per heavy atom. The number of carboxylic acid groups (broad SMARTS) is 1. The Labute approximate surface area is 157 Å². The Balaban J connectivity index is 2.03. The molecule has 3 N–H and O–H groups in total. The number of carbonyl (C=O) groups is 3. The van der Waals surface area contributed by atoms with Gasteiger partial charge in [-0.2, -0.15) is 0 Å². The maximum Gasteiger partial charge on any atom is 0.412 e. The molecule has 0 aliphatic rings. The topological polar surface area (TPSA) is 105 Å². The van der Waals surface area contributed by atoms with E-state index in [1.54, 1.807) is 69.3 Å². The Kier molecular flexibility index (Phi) is 6.18. The molecule has 142 valence electrons. The molecule has 0 atom stereocenters. The number of hydrogen-bond acceptors (Lipinski definition) is 4. The summed E-state index contributed by atoms with van der Waals surface area (Å²) in [5, 5.41) is 14.3. The van der Waals surface area contributed by atoms with Crippen LogP contribution in [-0.4, -0.2) is 28.7 Å². The Bertz CT molecular complexity index is 838. The van der Waals surface area contributed by atoms with Crippen molar-refractivity contribution in [3.63, 3.8) is 0 Å². The minimum Gasteiger partial charge on any atom is -0.481 e. The fraction of sp³-hybridized carbons (Fsp3) is 0.250. The summed E-state index contributed by atoms with van der Waals surface area (Å²) >= 11 is 0. The molecule has 0 aromatic heterocycles. The Hall–Kier alpha value is -3.35. The molecule has 0 bridgehead atoms. The van der Waals surface area contributed by atoms with Gasteiger partial charge in [-0.3, -0.25) is 14.9 Å². The third-order valence-electron chi connectivity index (χ3n) is 3.39. The van der Waals surface area contributed by atoms with Gasteiger partial charge in [-0.05, 0) is 56.7 Å². The number of rotatable bonds is 5. The number of ether oxygens (including phenoxy) is 1. The highest BCUT2D eigenvalue weighted by molar-refractivity contribution is 6.05. The van der Waals surface area contributed by atoms with Gasteiger partial charge in [-0.15, -0.1) is 0 Å². The third kappa shape index (κ3) is 6.47. The van der Waals surface area contributed by atoms with Crippen LogP contribution in [0.2, 0.25) is 0 Å². The van der Waals surface area contributed by atoms with E-state index in [1.165, 1.54) is 0 Å². The summed E-state index contributed by atoms with van der Waals surface area (Å²) in [6.07, 6.45) is -0.801. The number of anilines is 2. The van der Waals surface area contributed by atoms with Gasteiger partial charge in [0.25, 0.3) is 5.91 Å². The van der Waals surface area contributed by atoms with Crippen molar-refractivity contribution in [1.82, 2.24) is 0 Å². The first-order valence-corrected chi connectivity index (χ1v) is 8.35. The molecule has 2 aromatic carbocycles. The zero-order chi connectivity index (χ0) is 20.0. The standard InChI is InChI=1S/C20H22N2O5/c1-20(2,3)27-19(26)22-15-10-8-14(9-11-15)21-18(25)16-7-5-4-6-13(16)12-17(23)24/h4-11H,12H2,1-3H3,(H,21,25)(H,22,26)(H,23,24). The van der Waals surface area contributed by atoms with Crippen molar-refractivity contribution in [2.75, 3.05) is 10.6 Å². The first-order chi connectivity index (χ1) is 12.6. The summed E-state index contributed by atoms with van der Waals surface area (Å²) in [7, 11) is 0. The van der Waals surface area contributed by atoms with E-state index < -0.39 is 23.6 Å². The molecule has 0 radical (unpaired) electrons. The highest BCUT2D eigenvalue weighted by atomic mass is 16.6. The van der Waals surface area contributed by atoms with Crippen LogP contribution in [0.4, 0.5) is 16.2 Å². The first-order valence-electron chi connectivity index (χ1n) is 8.35. The van der Waals surface area contributed by atoms with Crippen LogP contribution in [0, 0.1) is 0 Å². The van der Waals surface area contributed by atoms with Gasteiger partial charge >= 0.3 is 12.1 Å². The average molecular weight is 370 g/mol. The molecule has 2 rings (SSSR count). The molecule has 2 aromatic rings. The number of aliphatic carboxylic acids is 1. The number of carbonyl (C=O) groups excluding carboxylic acids is 2. The summed E-state index contributed by atoms with van der Waals surface area (Å²) in [6, 6.07) is 13.1. The zero-order valence-corrected chi connectivity index (χ0v) is 15.4. The van der Waals surface area contributed by atoms with Crippen molar-refractivity contribution in [2.45, 2.75) is 32.8 Å². The molecule has 0 unspecified atom stereocenters. The van der Waals surface area contributed by atoms with Crippen LogP contribution in [0.25, 0.3) is 0 Å². The smallest absolute Gasteiger partial charge is 0.412 e. The Morgan fingerprint density at radius 1 is 0.926 bits per heavy atom. The number of hydrogen-bond donors (Lipinski definition) is 3. The summed E-state index contributed by atoms with van der Waals surface area (Å²) in [5.41, 5.74) is 1.18. The minimum absolute atomic E-state index is 0.234. The van der Waals surface area contributed by atoms with Crippen molar-refractivity contribution >= 4 is 29.3 Å². The highest BCUT2D eigenvalue weighted by Gasteiger charge is 2.16. The molecule has 0 saturated carbocycles. The lowest BCUT2D eigenvalue weighted by atomic mass is 10.0. The van der Waals surface area contributed by atoms with Crippen molar-refractivity contribution in [3.8, 4) is 0 Å². The van der Waals surface area contributed by atoms with Gasteiger partial charge < -0.3 is 15.2 Å². The van der Waals surface area contributed by atoms with Crippen LogP contribution in [-0.2, 0) is 16.0 Å². The van der Waals surface area contributed by atoms with E-state index >= 15 is 0 Å². The van der Waals surface area contributed by atoms with Crippen LogP contribution < -0.4 is 10.6 Å². The van der Waals surface area contributed by atoms with E-state index in [0.29, 0.717) is 22.5 Å². The van der Waals surface area contributed by atoms with Crippen LogP contribution in [0.1, 0.15) is 36.7 Å². The van der Waals surface area contributed by atoms with Gasteiger partial charge in [0.1, 0.15) is 5.60 Å². The maximum absolute atomic E-state index is 12.4. The van der Waals surface area contributed by atoms with E-state index in [2.05, 4.69) is 10.6 Å². The van der Waals surface area contributed by atoms with Gasteiger partial charge in [-0.1, -0.05) is 18.2 Å². The third-order valence-corrected chi connectivity index (χ3v) is 3.39. The second-order valence-corrected chi connectivity index (χ2v) is 6.89. The quantitative estimate of drug-likeness (QED) is 0.740. The lowest BCUT2D eigenvalue weighted by molar-refractivity contribution is -0.136. The molecule has 2 amide bonds. The number of nitrogens with one attached hydrogen (secondary N) is 2. The van der Waals surface area contributed by atoms with Crippen molar-refractivity contribution in [2.24, 2.45) is 0 Å².